The molecule has 3 nitrogen and oxygen atoms in total. The number of hydrogen-bond donors (Lipinski definition) is 1. The molecule has 0 saturated heterocycles. The predicted molar refractivity (Wildman–Crippen MR) is 79.8 cm³/mol. The maximum atomic E-state index is 10.7. The Labute approximate surface area is 116 Å². The molecule has 1 N–H and O–H groups in total. The van der Waals surface area contributed by atoms with E-state index in [-0.39, 0.29) is 11.5 Å². The van der Waals surface area contributed by atoms with Crippen molar-refractivity contribution in [1.82, 2.24) is 0 Å². The van der Waals surface area contributed by atoms with Crippen LogP contribution in [0.5, 0.6) is 0 Å². The van der Waals surface area contributed by atoms with Gasteiger partial charge in [-0.2, -0.15) is 0 Å². The molecule has 0 aliphatic heterocycles. The van der Waals surface area contributed by atoms with Gasteiger partial charge in [-0.25, -0.2) is 0 Å². The number of carboxylic acids is 1. The topological polar surface area (TPSA) is 46.5 Å². The highest BCUT2D eigenvalue weighted by Crippen LogP contribution is 2.37. The van der Waals surface area contributed by atoms with Gasteiger partial charge in [0.25, 0.3) is 0 Å². The van der Waals surface area contributed by atoms with E-state index >= 15 is 0 Å². The monoisotopic (exact) mass is 280 g/mol. The van der Waals surface area contributed by atoms with E-state index in [2.05, 4.69) is 33.9 Å². The van der Waals surface area contributed by atoms with Crippen LogP contribution in [-0.2, 0) is 22.2 Å². The van der Waals surface area contributed by atoms with Gasteiger partial charge >= 0.3 is 5.97 Å². The van der Waals surface area contributed by atoms with E-state index in [9.17, 15) is 4.79 Å². The summed E-state index contributed by atoms with van der Waals surface area (Å²) >= 11 is 0. The first kappa shape index (κ1) is 15.9. The fourth-order valence-electron chi connectivity index (χ4n) is 1.48. The summed E-state index contributed by atoms with van der Waals surface area (Å²) in [6.07, 6.45) is 0.0634. The minimum atomic E-state index is -1.75. The Morgan fingerprint density at radius 3 is 2.37 bits per heavy atom. The maximum Gasteiger partial charge on any atom is 0.307 e. The lowest BCUT2D eigenvalue weighted by atomic mass is 10.1. The van der Waals surface area contributed by atoms with E-state index in [1.54, 1.807) is 0 Å². The van der Waals surface area contributed by atoms with Gasteiger partial charge < -0.3 is 9.53 Å². The molecule has 0 spiro atoms. The first-order chi connectivity index (χ1) is 8.62. The number of rotatable bonds is 5. The molecular weight excluding hydrogens is 256 g/mol. The Morgan fingerprint density at radius 2 is 1.84 bits per heavy atom. The molecule has 0 fully saturated rings. The lowest BCUT2D eigenvalue weighted by Gasteiger charge is -2.36. The zero-order chi connectivity index (χ0) is 14.7. The summed E-state index contributed by atoms with van der Waals surface area (Å²) in [6.45, 7) is 11.6. The van der Waals surface area contributed by atoms with Crippen LogP contribution in [0.25, 0.3) is 0 Å². The minimum Gasteiger partial charge on any atom is -0.481 e. The predicted octanol–water partition coefficient (Wildman–Crippen LogP) is 3.84. The molecule has 0 heterocycles. The summed E-state index contributed by atoms with van der Waals surface area (Å²) < 4.78 is 6.13. The third kappa shape index (κ3) is 4.80. The molecular formula is C15H24O3Si. The van der Waals surface area contributed by atoms with Crippen LogP contribution in [0, 0.1) is 0 Å². The third-order valence-electron chi connectivity index (χ3n) is 3.75. The Balaban J connectivity index is 2.71. The average molecular weight is 280 g/mol. The largest absolute Gasteiger partial charge is 0.481 e. The van der Waals surface area contributed by atoms with Crippen LogP contribution in [0.4, 0.5) is 0 Å². The third-order valence-corrected chi connectivity index (χ3v) is 8.23. The second kappa shape index (κ2) is 5.88. The van der Waals surface area contributed by atoms with E-state index in [0.29, 0.717) is 6.61 Å². The van der Waals surface area contributed by atoms with Gasteiger partial charge in [0, 0.05) is 0 Å². The number of hydrogen-bond acceptors (Lipinski definition) is 2. The van der Waals surface area contributed by atoms with E-state index in [1.807, 2.05) is 24.3 Å². The molecule has 0 bridgehead atoms. The zero-order valence-electron chi connectivity index (χ0n) is 12.5. The van der Waals surface area contributed by atoms with Crippen molar-refractivity contribution in [3.8, 4) is 0 Å². The molecule has 19 heavy (non-hydrogen) atoms. The molecule has 1 aromatic carbocycles. The first-order valence-electron chi connectivity index (χ1n) is 6.55. The molecule has 0 radical (unpaired) electrons. The highest BCUT2D eigenvalue weighted by Gasteiger charge is 2.36. The Morgan fingerprint density at radius 1 is 1.26 bits per heavy atom. The number of carboxylic acid groups (broad SMARTS) is 1. The summed E-state index contributed by atoms with van der Waals surface area (Å²) in [7, 11) is -1.75. The van der Waals surface area contributed by atoms with E-state index < -0.39 is 14.3 Å². The maximum absolute atomic E-state index is 10.7. The van der Waals surface area contributed by atoms with Crippen LogP contribution in [0.3, 0.4) is 0 Å². The van der Waals surface area contributed by atoms with Crippen LogP contribution in [0.15, 0.2) is 24.3 Å². The van der Waals surface area contributed by atoms with Gasteiger partial charge in [-0.05, 0) is 29.3 Å². The number of benzene rings is 1. The van der Waals surface area contributed by atoms with Gasteiger partial charge in [-0.3, -0.25) is 4.79 Å². The standard InChI is InChI=1S/C15H24O3Si/c1-15(2,3)19(4,5)18-11-13-8-6-7-12(9-13)10-14(16)17/h6-9H,10-11H2,1-5H3,(H,16,17). The molecule has 0 aromatic heterocycles. The molecule has 4 heteroatoms. The molecule has 0 aliphatic rings. The summed E-state index contributed by atoms with van der Waals surface area (Å²) in [5, 5.41) is 8.99. The van der Waals surface area contributed by atoms with Crippen molar-refractivity contribution in [2.45, 2.75) is 51.9 Å². The minimum absolute atomic E-state index is 0.0634. The van der Waals surface area contributed by atoms with E-state index in [0.717, 1.165) is 11.1 Å². The Kier molecular flexibility index (Phi) is 4.93. The molecule has 106 valence electrons. The average Bonchev–Trinajstić information content (AvgIpc) is 2.24. The van der Waals surface area contributed by atoms with Crippen molar-refractivity contribution in [2.75, 3.05) is 0 Å². The molecule has 0 amide bonds. The van der Waals surface area contributed by atoms with Gasteiger partial charge in [-0.15, -0.1) is 0 Å². The van der Waals surface area contributed by atoms with Crippen molar-refractivity contribution in [3.05, 3.63) is 35.4 Å². The second-order valence-electron chi connectivity index (χ2n) is 6.44. The van der Waals surface area contributed by atoms with Gasteiger partial charge in [-0.1, -0.05) is 45.0 Å². The van der Waals surface area contributed by atoms with Gasteiger partial charge in [0.05, 0.1) is 13.0 Å². The summed E-state index contributed by atoms with van der Waals surface area (Å²) in [5.41, 5.74) is 1.87. The number of aliphatic carboxylic acids is 1. The molecule has 0 atom stereocenters. The molecule has 0 unspecified atom stereocenters. The number of carbonyl (C=O) groups is 1. The molecule has 1 rings (SSSR count). The van der Waals surface area contributed by atoms with Crippen molar-refractivity contribution in [2.24, 2.45) is 0 Å². The highest BCUT2D eigenvalue weighted by molar-refractivity contribution is 6.74. The van der Waals surface area contributed by atoms with Crippen molar-refractivity contribution in [3.63, 3.8) is 0 Å². The SMILES string of the molecule is CC(C)(C)[Si](C)(C)OCc1cccc(CC(=O)O)c1. The van der Waals surface area contributed by atoms with E-state index in [4.69, 9.17) is 9.53 Å². The van der Waals surface area contributed by atoms with Crippen molar-refractivity contribution < 1.29 is 14.3 Å². The fraction of sp³-hybridized carbons (Fsp3) is 0.533. The first-order valence-corrected chi connectivity index (χ1v) is 9.46. The zero-order valence-corrected chi connectivity index (χ0v) is 13.5. The fourth-order valence-corrected chi connectivity index (χ4v) is 2.44. The molecule has 0 saturated carbocycles. The van der Waals surface area contributed by atoms with Crippen molar-refractivity contribution >= 4 is 14.3 Å². The van der Waals surface area contributed by atoms with Crippen LogP contribution in [-0.4, -0.2) is 19.4 Å². The second-order valence-corrected chi connectivity index (χ2v) is 11.2. The quantitative estimate of drug-likeness (QED) is 0.834. The van der Waals surface area contributed by atoms with Crippen molar-refractivity contribution in [1.29, 1.82) is 0 Å². The molecule has 1 aromatic rings. The normalized spacial score (nSPS) is 12.5. The van der Waals surface area contributed by atoms with Gasteiger partial charge in [0.15, 0.2) is 8.32 Å². The van der Waals surface area contributed by atoms with Crippen LogP contribution in [0.1, 0.15) is 31.9 Å². The van der Waals surface area contributed by atoms with E-state index in [1.165, 1.54) is 0 Å². The lowest BCUT2D eigenvalue weighted by molar-refractivity contribution is -0.136. The summed E-state index contributed by atoms with van der Waals surface area (Å²) in [5.74, 6) is -0.803. The lowest BCUT2D eigenvalue weighted by Crippen LogP contribution is -2.40. The van der Waals surface area contributed by atoms with Crippen LogP contribution >= 0.6 is 0 Å². The van der Waals surface area contributed by atoms with Crippen LogP contribution in [0.2, 0.25) is 18.1 Å². The van der Waals surface area contributed by atoms with Crippen LogP contribution < -0.4 is 0 Å². The van der Waals surface area contributed by atoms with Gasteiger partial charge in [0.2, 0.25) is 0 Å². The van der Waals surface area contributed by atoms with Gasteiger partial charge in [0.1, 0.15) is 0 Å². The summed E-state index contributed by atoms with van der Waals surface area (Å²) in [6, 6.07) is 7.63. The molecule has 0 aliphatic carbocycles. The smallest absolute Gasteiger partial charge is 0.307 e. The summed E-state index contributed by atoms with van der Waals surface area (Å²) in [4.78, 5) is 10.7. The Hall–Kier alpha value is -1.13. The highest BCUT2D eigenvalue weighted by atomic mass is 28.4. The Bertz CT molecular complexity index is 447.